The van der Waals surface area contributed by atoms with Gasteiger partial charge in [-0.2, -0.15) is 0 Å². The Morgan fingerprint density at radius 2 is 2.05 bits per heavy atom. The SMILES string of the molecule is CC1CCCC(C)N1CC(=O)Nc1ccc(Br)cc1Cl. The van der Waals surface area contributed by atoms with Gasteiger partial charge in [-0.3, -0.25) is 9.69 Å². The predicted octanol–water partition coefficient (Wildman–Crippen LogP) is 4.30. The van der Waals surface area contributed by atoms with Gasteiger partial charge in [-0.15, -0.1) is 0 Å². The van der Waals surface area contributed by atoms with E-state index in [0.717, 1.165) is 17.3 Å². The second kappa shape index (κ2) is 6.92. The summed E-state index contributed by atoms with van der Waals surface area (Å²) < 4.78 is 0.902. The van der Waals surface area contributed by atoms with E-state index in [-0.39, 0.29) is 5.91 Å². The molecule has 1 fully saturated rings. The fourth-order valence-electron chi connectivity index (χ4n) is 2.73. The lowest BCUT2D eigenvalue weighted by Gasteiger charge is -2.38. The first kappa shape index (κ1) is 15.8. The second-order valence-electron chi connectivity index (χ2n) is 5.47. The van der Waals surface area contributed by atoms with Crippen molar-refractivity contribution in [3.8, 4) is 0 Å². The maximum Gasteiger partial charge on any atom is 0.238 e. The van der Waals surface area contributed by atoms with Crippen LogP contribution in [0.3, 0.4) is 0 Å². The van der Waals surface area contributed by atoms with Crippen molar-refractivity contribution in [2.45, 2.75) is 45.2 Å². The van der Waals surface area contributed by atoms with Gasteiger partial charge < -0.3 is 5.32 Å². The Morgan fingerprint density at radius 3 is 2.65 bits per heavy atom. The number of nitrogens with one attached hydrogen (secondary N) is 1. The van der Waals surface area contributed by atoms with Gasteiger partial charge in [0, 0.05) is 16.6 Å². The third-order valence-corrected chi connectivity index (χ3v) is 4.71. The zero-order valence-corrected chi connectivity index (χ0v) is 14.2. The summed E-state index contributed by atoms with van der Waals surface area (Å²) in [6.07, 6.45) is 3.58. The molecule has 1 aliphatic heterocycles. The Bertz CT molecular complexity index is 485. The molecule has 1 amide bonds. The summed E-state index contributed by atoms with van der Waals surface area (Å²) in [6, 6.07) is 6.39. The van der Waals surface area contributed by atoms with E-state index in [4.69, 9.17) is 11.6 Å². The lowest BCUT2D eigenvalue weighted by molar-refractivity contribution is -0.118. The Balaban J connectivity index is 1.98. The van der Waals surface area contributed by atoms with E-state index >= 15 is 0 Å². The summed E-state index contributed by atoms with van der Waals surface area (Å²) in [5.41, 5.74) is 0.664. The van der Waals surface area contributed by atoms with Gasteiger partial charge in [-0.05, 0) is 44.9 Å². The molecule has 0 saturated carbocycles. The lowest BCUT2D eigenvalue weighted by Crippen LogP contribution is -2.47. The number of rotatable bonds is 3. The van der Waals surface area contributed by atoms with E-state index in [9.17, 15) is 4.79 Å². The first-order valence-electron chi connectivity index (χ1n) is 6.98. The zero-order chi connectivity index (χ0) is 14.7. The number of carbonyl (C=O) groups excluding carboxylic acids is 1. The van der Waals surface area contributed by atoms with Crippen LogP contribution in [0, 0.1) is 0 Å². The quantitative estimate of drug-likeness (QED) is 0.872. The number of benzene rings is 1. The summed E-state index contributed by atoms with van der Waals surface area (Å²) in [4.78, 5) is 14.5. The van der Waals surface area contributed by atoms with E-state index < -0.39 is 0 Å². The molecule has 2 unspecified atom stereocenters. The molecular weight excluding hydrogens is 340 g/mol. The molecule has 20 heavy (non-hydrogen) atoms. The van der Waals surface area contributed by atoms with Crippen LogP contribution in [0.2, 0.25) is 5.02 Å². The number of hydrogen-bond acceptors (Lipinski definition) is 2. The van der Waals surface area contributed by atoms with E-state index in [1.165, 1.54) is 6.42 Å². The predicted molar refractivity (Wildman–Crippen MR) is 87.3 cm³/mol. The van der Waals surface area contributed by atoms with Gasteiger partial charge in [-0.25, -0.2) is 0 Å². The molecule has 1 aromatic carbocycles. The van der Waals surface area contributed by atoms with Crippen LogP contribution in [0.5, 0.6) is 0 Å². The molecule has 5 heteroatoms. The monoisotopic (exact) mass is 358 g/mol. The molecular formula is C15H20BrClN2O. The van der Waals surface area contributed by atoms with Crippen LogP contribution in [0.1, 0.15) is 33.1 Å². The van der Waals surface area contributed by atoms with Gasteiger partial charge in [0.15, 0.2) is 0 Å². The molecule has 3 nitrogen and oxygen atoms in total. The van der Waals surface area contributed by atoms with Gasteiger partial charge in [-0.1, -0.05) is 34.0 Å². The highest BCUT2D eigenvalue weighted by atomic mass is 79.9. The van der Waals surface area contributed by atoms with E-state index in [2.05, 4.69) is 40.0 Å². The van der Waals surface area contributed by atoms with Crippen molar-refractivity contribution < 1.29 is 4.79 Å². The minimum absolute atomic E-state index is 0.00479. The van der Waals surface area contributed by atoms with Crippen LogP contribution in [-0.2, 0) is 4.79 Å². The molecule has 2 atom stereocenters. The molecule has 1 aromatic rings. The number of likely N-dealkylation sites (tertiary alicyclic amines) is 1. The smallest absolute Gasteiger partial charge is 0.238 e. The maximum atomic E-state index is 12.2. The largest absolute Gasteiger partial charge is 0.324 e. The normalized spacial score (nSPS) is 23.6. The highest BCUT2D eigenvalue weighted by Gasteiger charge is 2.26. The first-order valence-corrected chi connectivity index (χ1v) is 8.15. The van der Waals surface area contributed by atoms with E-state index in [1.54, 1.807) is 6.07 Å². The van der Waals surface area contributed by atoms with Gasteiger partial charge in [0.2, 0.25) is 5.91 Å². The van der Waals surface area contributed by atoms with Crippen LogP contribution in [0.4, 0.5) is 5.69 Å². The number of halogens is 2. The number of carbonyl (C=O) groups is 1. The Labute approximate surface area is 133 Å². The maximum absolute atomic E-state index is 12.2. The zero-order valence-electron chi connectivity index (χ0n) is 11.8. The third kappa shape index (κ3) is 3.96. The van der Waals surface area contributed by atoms with Crippen LogP contribution in [-0.4, -0.2) is 29.4 Å². The van der Waals surface area contributed by atoms with Crippen molar-refractivity contribution in [3.05, 3.63) is 27.7 Å². The van der Waals surface area contributed by atoms with Crippen molar-refractivity contribution in [2.75, 3.05) is 11.9 Å². The summed E-state index contributed by atoms with van der Waals surface area (Å²) >= 11 is 9.47. The number of hydrogen-bond donors (Lipinski definition) is 1. The van der Waals surface area contributed by atoms with Crippen LogP contribution in [0.25, 0.3) is 0 Å². The van der Waals surface area contributed by atoms with Crippen molar-refractivity contribution in [1.82, 2.24) is 4.90 Å². The fourth-order valence-corrected chi connectivity index (χ4v) is 3.45. The van der Waals surface area contributed by atoms with Crippen molar-refractivity contribution in [2.24, 2.45) is 0 Å². The van der Waals surface area contributed by atoms with Crippen molar-refractivity contribution in [3.63, 3.8) is 0 Å². The fraction of sp³-hybridized carbons (Fsp3) is 0.533. The summed E-state index contributed by atoms with van der Waals surface area (Å²) in [5.74, 6) is -0.00479. The molecule has 2 rings (SSSR count). The summed E-state index contributed by atoms with van der Waals surface area (Å²) in [5, 5.41) is 3.44. The van der Waals surface area contributed by atoms with Gasteiger partial charge in [0.1, 0.15) is 0 Å². The molecule has 0 aromatic heterocycles. The van der Waals surface area contributed by atoms with E-state index in [1.807, 2.05) is 12.1 Å². The molecule has 1 N–H and O–H groups in total. The van der Waals surface area contributed by atoms with Gasteiger partial charge in [0.25, 0.3) is 0 Å². The molecule has 1 heterocycles. The van der Waals surface area contributed by atoms with Crippen molar-refractivity contribution in [1.29, 1.82) is 0 Å². The van der Waals surface area contributed by atoms with Crippen molar-refractivity contribution >= 4 is 39.1 Å². The Hall–Kier alpha value is -0.580. The third-order valence-electron chi connectivity index (χ3n) is 3.91. The van der Waals surface area contributed by atoms with Crippen LogP contribution >= 0.6 is 27.5 Å². The molecule has 1 saturated heterocycles. The topological polar surface area (TPSA) is 32.3 Å². The highest BCUT2D eigenvalue weighted by molar-refractivity contribution is 9.10. The molecule has 110 valence electrons. The molecule has 0 aliphatic carbocycles. The minimum Gasteiger partial charge on any atom is -0.324 e. The number of anilines is 1. The standard InChI is InChI=1S/C15H20BrClN2O/c1-10-4-3-5-11(2)19(10)9-15(20)18-14-7-6-12(16)8-13(14)17/h6-8,10-11H,3-5,9H2,1-2H3,(H,18,20). The van der Waals surface area contributed by atoms with Crippen LogP contribution < -0.4 is 5.32 Å². The molecule has 0 spiro atoms. The first-order chi connectivity index (χ1) is 9.47. The van der Waals surface area contributed by atoms with E-state index in [0.29, 0.717) is 29.3 Å². The Kier molecular flexibility index (Phi) is 5.47. The minimum atomic E-state index is -0.00479. The summed E-state index contributed by atoms with van der Waals surface area (Å²) in [7, 11) is 0. The van der Waals surface area contributed by atoms with Crippen LogP contribution in [0.15, 0.2) is 22.7 Å². The molecule has 0 radical (unpaired) electrons. The highest BCUT2D eigenvalue weighted by Crippen LogP contribution is 2.26. The molecule has 0 bridgehead atoms. The molecule has 1 aliphatic rings. The van der Waals surface area contributed by atoms with Gasteiger partial charge >= 0.3 is 0 Å². The second-order valence-corrected chi connectivity index (χ2v) is 6.80. The number of piperidine rings is 1. The number of amides is 1. The average molecular weight is 360 g/mol. The average Bonchev–Trinajstić information content (AvgIpc) is 2.37. The van der Waals surface area contributed by atoms with Gasteiger partial charge in [0.05, 0.1) is 17.3 Å². The summed E-state index contributed by atoms with van der Waals surface area (Å²) in [6.45, 7) is 4.81. The lowest BCUT2D eigenvalue weighted by atomic mass is 9.97. The number of nitrogens with zero attached hydrogens (tertiary/aromatic N) is 1. The Morgan fingerprint density at radius 1 is 1.40 bits per heavy atom.